The van der Waals surface area contributed by atoms with Crippen LogP contribution in [0, 0.1) is 0 Å². The molecule has 1 aliphatic heterocycles. The number of amides is 1. The van der Waals surface area contributed by atoms with E-state index in [2.05, 4.69) is 4.90 Å². The van der Waals surface area contributed by atoms with Crippen LogP contribution in [0.2, 0.25) is 5.02 Å². The molecule has 1 aromatic rings. The van der Waals surface area contributed by atoms with Gasteiger partial charge in [0, 0.05) is 58.3 Å². The summed E-state index contributed by atoms with van der Waals surface area (Å²) in [6.07, 6.45) is 0.452. The van der Waals surface area contributed by atoms with Gasteiger partial charge in [-0.05, 0) is 18.2 Å². The number of nitrogens with zero attached hydrogens (tertiary/aromatic N) is 3. The summed E-state index contributed by atoms with van der Waals surface area (Å²) >= 11 is 5.88. The number of sulfonamides is 1. The summed E-state index contributed by atoms with van der Waals surface area (Å²) in [6, 6.07) is 6.32. The summed E-state index contributed by atoms with van der Waals surface area (Å²) in [7, 11) is -0.0377. The second kappa shape index (κ2) is 7.61. The number of hydrogen-bond donors (Lipinski definition) is 0. The molecule has 0 atom stereocenters. The van der Waals surface area contributed by atoms with Crippen molar-refractivity contribution in [2.24, 2.45) is 0 Å². The van der Waals surface area contributed by atoms with Crippen molar-refractivity contribution in [3.8, 4) is 0 Å². The van der Waals surface area contributed by atoms with Gasteiger partial charge in [-0.25, -0.2) is 8.42 Å². The number of benzene rings is 1. The van der Waals surface area contributed by atoms with Crippen molar-refractivity contribution in [2.75, 3.05) is 46.8 Å². The molecule has 0 radical (unpaired) electrons. The molecule has 23 heavy (non-hydrogen) atoms. The van der Waals surface area contributed by atoms with Crippen molar-refractivity contribution in [2.45, 2.75) is 11.3 Å². The molecule has 1 aromatic carbocycles. The minimum absolute atomic E-state index is 0.0824. The molecule has 1 saturated heterocycles. The molecule has 6 nitrogen and oxygen atoms in total. The molecule has 0 spiro atoms. The van der Waals surface area contributed by atoms with E-state index in [1.54, 1.807) is 37.2 Å². The van der Waals surface area contributed by atoms with Crippen molar-refractivity contribution in [1.82, 2.24) is 14.1 Å². The number of carbonyl (C=O) groups excluding carboxylic acids is 1. The van der Waals surface area contributed by atoms with Gasteiger partial charge in [0.2, 0.25) is 15.9 Å². The summed E-state index contributed by atoms with van der Waals surface area (Å²) in [5, 5.41) is 0.409. The fourth-order valence-corrected chi connectivity index (χ4v) is 4.17. The summed E-state index contributed by atoms with van der Waals surface area (Å²) < 4.78 is 26.7. The summed E-state index contributed by atoms with van der Waals surface area (Å²) in [6.45, 7) is 2.75. The van der Waals surface area contributed by atoms with Crippen LogP contribution in [-0.2, 0) is 14.8 Å². The van der Waals surface area contributed by atoms with Crippen LogP contribution in [0.25, 0.3) is 0 Å². The van der Waals surface area contributed by atoms with E-state index in [0.717, 1.165) is 0 Å². The summed E-state index contributed by atoms with van der Waals surface area (Å²) in [4.78, 5) is 15.5. The fourth-order valence-electron chi connectivity index (χ4n) is 2.45. The van der Waals surface area contributed by atoms with E-state index in [1.807, 2.05) is 0 Å². The van der Waals surface area contributed by atoms with Crippen LogP contribution in [0.15, 0.2) is 29.2 Å². The highest BCUT2D eigenvalue weighted by molar-refractivity contribution is 7.89. The van der Waals surface area contributed by atoms with E-state index < -0.39 is 10.0 Å². The molecule has 0 saturated carbocycles. The van der Waals surface area contributed by atoms with Gasteiger partial charge in [-0.1, -0.05) is 17.7 Å². The molecule has 0 aliphatic carbocycles. The molecule has 1 fully saturated rings. The lowest BCUT2D eigenvalue weighted by atomic mass is 10.3. The molecule has 0 unspecified atom stereocenters. The number of rotatable bonds is 5. The van der Waals surface area contributed by atoms with Crippen LogP contribution >= 0.6 is 11.6 Å². The maximum absolute atomic E-state index is 12.6. The van der Waals surface area contributed by atoms with E-state index in [-0.39, 0.29) is 10.8 Å². The zero-order valence-corrected chi connectivity index (χ0v) is 15.0. The SMILES string of the molecule is CN(C)C(=O)CCN1CCN(S(=O)(=O)c2cccc(Cl)c2)CC1. The Bertz CT molecular complexity index is 656. The Kier molecular flexibility index (Phi) is 6.02. The molecular formula is C15H22ClN3O3S. The summed E-state index contributed by atoms with van der Waals surface area (Å²) in [5.41, 5.74) is 0. The van der Waals surface area contributed by atoms with E-state index in [9.17, 15) is 13.2 Å². The minimum atomic E-state index is -3.51. The molecule has 0 aromatic heterocycles. The lowest BCUT2D eigenvalue weighted by Gasteiger charge is -2.34. The van der Waals surface area contributed by atoms with E-state index in [4.69, 9.17) is 11.6 Å². The highest BCUT2D eigenvalue weighted by atomic mass is 35.5. The molecule has 1 heterocycles. The Morgan fingerprint density at radius 1 is 1.22 bits per heavy atom. The highest BCUT2D eigenvalue weighted by Gasteiger charge is 2.28. The average Bonchev–Trinajstić information content (AvgIpc) is 2.53. The third kappa shape index (κ3) is 4.67. The fraction of sp³-hybridized carbons (Fsp3) is 0.533. The monoisotopic (exact) mass is 359 g/mol. The topological polar surface area (TPSA) is 60.9 Å². The number of carbonyl (C=O) groups is 1. The maximum atomic E-state index is 12.6. The van der Waals surface area contributed by atoms with Crippen LogP contribution in [0.4, 0.5) is 0 Å². The third-order valence-electron chi connectivity index (χ3n) is 3.91. The lowest BCUT2D eigenvalue weighted by Crippen LogP contribution is -2.49. The van der Waals surface area contributed by atoms with Crippen LogP contribution in [0.3, 0.4) is 0 Å². The highest BCUT2D eigenvalue weighted by Crippen LogP contribution is 2.20. The van der Waals surface area contributed by atoms with Crippen molar-refractivity contribution in [3.05, 3.63) is 29.3 Å². The Morgan fingerprint density at radius 2 is 1.87 bits per heavy atom. The first-order valence-corrected chi connectivity index (χ1v) is 9.31. The van der Waals surface area contributed by atoms with Gasteiger partial charge in [0.05, 0.1) is 4.90 Å². The van der Waals surface area contributed by atoms with Gasteiger partial charge in [-0.3, -0.25) is 4.79 Å². The number of piperazine rings is 1. The molecule has 1 aliphatic rings. The first-order valence-electron chi connectivity index (χ1n) is 7.49. The second-order valence-corrected chi connectivity index (χ2v) is 8.12. The smallest absolute Gasteiger partial charge is 0.243 e. The van der Waals surface area contributed by atoms with Crippen LogP contribution in [-0.4, -0.2) is 75.2 Å². The van der Waals surface area contributed by atoms with Crippen molar-refractivity contribution in [3.63, 3.8) is 0 Å². The van der Waals surface area contributed by atoms with Gasteiger partial charge in [0.25, 0.3) is 0 Å². The molecule has 0 N–H and O–H groups in total. The molecule has 2 rings (SSSR count). The van der Waals surface area contributed by atoms with E-state index in [0.29, 0.717) is 44.2 Å². The Labute approximate surface area is 142 Å². The second-order valence-electron chi connectivity index (χ2n) is 5.74. The first kappa shape index (κ1) is 18.2. The van der Waals surface area contributed by atoms with E-state index in [1.165, 1.54) is 10.4 Å². The van der Waals surface area contributed by atoms with Crippen molar-refractivity contribution < 1.29 is 13.2 Å². The molecule has 0 bridgehead atoms. The van der Waals surface area contributed by atoms with Gasteiger partial charge in [-0.15, -0.1) is 0 Å². The van der Waals surface area contributed by atoms with Crippen LogP contribution in [0.1, 0.15) is 6.42 Å². The van der Waals surface area contributed by atoms with Gasteiger partial charge >= 0.3 is 0 Å². The van der Waals surface area contributed by atoms with Gasteiger partial charge in [-0.2, -0.15) is 4.31 Å². The number of halogens is 1. The van der Waals surface area contributed by atoms with Gasteiger partial charge < -0.3 is 9.80 Å². The lowest BCUT2D eigenvalue weighted by molar-refractivity contribution is -0.129. The van der Waals surface area contributed by atoms with Gasteiger partial charge in [0.15, 0.2) is 0 Å². The predicted octanol–water partition coefficient (Wildman–Crippen LogP) is 1.12. The number of hydrogen-bond acceptors (Lipinski definition) is 4. The normalized spacial score (nSPS) is 17.2. The molecule has 8 heteroatoms. The van der Waals surface area contributed by atoms with Crippen LogP contribution in [0.5, 0.6) is 0 Å². The maximum Gasteiger partial charge on any atom is 0.243 e. The van der Waals surface area contributed by atoms with Crippen molar-refractivity contribution in [1.29, 1.82) is 0 Å². The predicted molar refractivity (Wildman–Crippen MR) is 90.0 cm³/mol. The summed E-state index contributed by atoms with van der Waals surface area (Å²) in [5.74, 6) is 0.0824. The molecule has 128 valence electrons. The minimum Gasteiger partial charge on any atom is -0.349 e. The van der Waals surface area contributed by atoms with E-state index >= 15 is 0 Å². The zero-order chi connectivity index (χ0) is 17.0. The standard InChI is InChI=1S/C15H22ClN3O3S/c1-17(2)15(20)6-7-18-8-10-19(11-9-18)23(21,22)14-5-3-4-13(16)12-14/h3-5,12H,6-11H2,1-2H3. The van der Waals surface area contributed by atoms with Crippen molar-refractivity contribution >= 4 is 27.5 Å². The van der Waals surface area contributed by atoms with Gasteiger partial charge in [0.1, 0.15) is 0 Å². The first-order chi connectivity index (χ1) is 10.8. The zero-order valence-electron chi connectivity index (χ0n) is 13.4. The Balaban J connectivity index is 1.92. The Hall–Kier alpha value is -1.15. The van der Waals surface area contributed by atoms with Crippen LogP contribution < -0.4 is 0 Å². The largest absolute Gasteiger partial charge is 0.349 e. The quantitative estimate of drug-likeness (QED) is 0.790. The average molecular weight is 360 g/mol. The third-order valence-corrected chi connectivity index (χ3v) is 6.04. The molecular weight excluding hydrogens is 338 g/mol. The Morgan fingerprint density at radius 3 is 2.43 bits per heavy atom. The molecule has 1 amide bonds.